The van der Waals surface area contributed by atoms with Crippen LogP contribution in [-0.4, -0.2) is 25.3 Å². The van der Waals surface area contributed by atoms with E-state index >= 15 is 0 Å². The van der Waals surface area contributed by atoms with Crippen LogP contribution >= 0.6 is 0 Å². The van der Waals surface area contributed by atoms with Gasteiger partial charge in [0.15, 0.2) is 0 Å². The predicted octanol–water partition coefficient (Wildman–Crippen LogP) is 5.45. The van der Waals surface area contributed by atoms with Gasteiger partial charge in [-0.3, -0.25) is 0 Å². The van der Waals surface area contributed by atoms with Crippen molar-refractivity contribution in [2.75, 3.05) is 13.7 Å². The van der Waals surface area contributed by atoms with Gasteiger partial charge < -0.3 is 10.1 Å². The molecule has 1 fully saturated rings. The molecule has 1 N–H and O–H groups in total. The van der Waals surface area contributed by atoms with Gasteiger partial charge in [-0.1, -0.05) is 65.2 Å². The Hall–Kier alpha value is -0.0800. The van der Waals surface area contributed by atoms with Gasteiger partial charge in [0.1, 0.15) is 0 Å². The van der Waals surface area contributed by atoms with E-state index in [-0.39, 0.29) is 5.60 Å². The highest BCUT2D eigenvalue weighted by Crippen LogP contribution is 2.39. The average Bonchev–Trinajstić information content (AvgIpc) is 2.46. The number of ether oxygens (including phenoxy) is 1. The smallest absolute Gasteiger partial charge is 0.0831 e. The lowest BCUT2D eigenvalue weighted by Gasteiger charge is -2.47. The molecule has 2 nitrogen and oxygen atoms in total. The van der Waals surface area contributed by atoms with Crippen molar-refractivity contribution in [3.63, 3.8) is 0 Å². The fraction of sp³-hybridized carbons (Fsp3) is 1.00. The molecule has 1 rings (SSSR count). The van der Waals surface area contributed by atoms with Crippen LogP contribution < -0.4 is 5.32 Å². The largest absolute Gasteiger partial charge is 0.377 e. The molecule has 0 bridgehead atoms. The fourth-order valence-corrected chi connectivity index (χ4v) is 3.57. The van der Waals surface area contributed by atoms with Crippen molar-refractivity contribution in [2.24, 2.45) is 0 Å². The molecule has 0 saturated heterocycles. The van der Waals surface area contributed by atoms with Gasteiger partial charge in [0.2, 0.25) is 0 Å². The molecule has 1 atom stereocenters. The van der Waals surface area contributed by atoms with E-state index in [9.17, 15) is 0 Å². The molecule has 1 aliphatic rings. The summed E-state index contributed by atoms with van der Waals surface area (Å²) in [5.74, 6) is 0. The molecule has 2 heteroatoms. The molecule has 0 aliphatic heterocycles. The third kappa shape index (κ3) is 6.69. The van der Waals surface area contributed by atoms with Crippen LogP contribution in [0.15, 0.2) is 0 Å². The van der Waals surface area contributed by atoms with Crippen molar-refractivity contribution in [3.8, 4) is 0 Å². The lowest BCUT2D eigenvalue weighted by Crippen LogP contribution is -2.56. The first kappa shape index (κ1) is 19.0. The minimum absolute atomic E-state index is 0.163. The highest BCUT2D eigenvalue weighted by atomic mass is 16.5. The van der Waals surface area contributed by atoms with E-state index in [0.717, 1.165) is 6.54 Å². The second-order valence-corrected chi connectivity index (χ2v) is 6.89. The molecule has 21 heavy (non-hydrogen) atoms. The summed E-state index contributed by atoms with van der Waals surface area (Å²) in [6, 6.07) is 0.580. The summed E-state index contributed by atoms with van der Waals surface area (Å²) >= 11 is 0. The van der Waals surface area contributed by atoms with Crippen molar-refractivity contribution >= 4 is 0 Å². The Kier molecular flexibility index (Phi) is 10.4. The second kappa shape index (κ2) is 11.5. The zero-order chi connectivity index (χ0) is 15.4. The van der Waals surface area contributed by atoms with Crippen LogP contribution in [-0.2, 0) is 4.74 Å². The maximum Gasteiger partial charge on any atom is 0.0831 e. The van der Waals surface area contributed by atoms with E-state index in [1.807, 2.05) is 7.11 Å². The molecule has 0 aromatic heterocycles. The third-order valence-corrected chi connectivity index (χ3v) is 5.23. The number of hydrogen-bond donors (Lipinski definition) is 1. The first-order valence-corrected chi connectivity index (χ1v) is 9.57. The molecule has 126 valence electrons. The fourth-order valence-electron chi connectivity index (χ4n) is 3.57. The van der Waals surface area contributed by atoms with Gasteiger partial charge in [0.25, 0.3) is 0 Å². The molecule has 1 saturated carbocycles. The van der Waals surface area contributed by atoms with Gasteiger partial charge in [-0.2, -0.15) is 0 Å². The standard InChI is InChI=1S/C19H39NO/c1-4-6-7-8-9-10-11-12-14-18(20-17-5-2)19(21-3)15-13-16-19/h18,20H,4-17H2,1-3H3. The van der Waals surface area contributed by atoms with Gasteiger partial charge in [0.05, 0.1) is 5.60 Å². The quantitative estimate of drug-likeness (QED) is 0.430. The molecule has 0 aromatic rings. The monoisotopic (exact) mass is 297 g/mol. The molecule has 0 aromatic carbocycles. The molecular weight excluding hydrogens is 258 g/mol. The highest BCUT2D eigenvalue weighted by Gasteiger charge is 2.43. The Morgan fingerprint density at radius 1 is 0.905 bits per heavy atom. The van der Waals surface area contributed by atoms with Gasteiger partial charge in [0, 0.05) is 13.2 Å². The number of unbranched alkanes of at least 4 members (excludes halogenated alkanes) is 7. The second-order valence-electron chi connectivity index (χ2n) is 6.89. The molecular formula is C19H39NO. The van der Waals surface area contributed by atoms with Crippen molar-refractivity contribution in [2.45, 2.75) is 109 Å². The number of rotatable bonds is 14. The van der Waals surface area contributed by atoms with Crippen LogP contribution in [0.5, 0.6) is 0 Å². The molecule has 0 radical (unpaired) electrons. The van der Waals surface area contributed by atoms with Crippen molar-refractivity contribution < 1.29 is 4.74 Å². The van der Waals surface area contributed by atoms with E-state index in [1.165, 1.54) is 83.5 Å². The summed E-state index contributed by atoms with van der Waals surface area (Å²) in [7, 11) is 1.91. The lowest BCUT2D eigenvalue weighted by molar-refractivity contribution is -0.100. The zero-order valence-electron chi connectivity index (χ0n) is 14.9. The van der Waals surface area contributed by atoms with Crippen molar-refractivity contribution in [1.82, 2.24) is 5.32 Å². The van der Waals surface area contributed by atoms with E-state index in [2.05, 4.69) is 19.2 Å². The van der Waals surface area contributed by atoms with Crippen LogP contribution in [0, 0.1) is 0 Å². The van der Waals surface area contributed by atoms with Gasteiger partial charge in [-0.15, -0.1) is 0 Å². The summed E-state index contributed by atoms with van der Waals surface area (Å²) in [5.41, 5.74) is 0.163. The molecule has 1 aliphatic carbocycles. The molecule has 1 unspecified atom stereocenters. The minimum Gasteiger partial charge on any atom is -0.377 e. The molecule has 0 spiro atoms. The van der Waals surface area contributed by atoms with Crippen LogP contribution in [0.2, 0.25) is 0 Å². The minimum atomic E-state index is 0.163. The Balaban J connectivity index is 2.15. The average molecular weight is 298 g/mol. The third-order valence-electron chi connectivity index (χ3n) is 5.23. The van der Waals surface area contributed by atoms with Gasteiger partial charge in [-0.25, -0.2) is 0 Å². The zero-order valence-corrected chi connectivity index (χ0v) is 14.9. The normalized spacial score (nSPS) is 18.4. The molecule has 0 amide bonds. The maximum absolute atomic E-state index is 5.89. The maximum atomic E-state index is 5.89. The van der Waals surface area contributed by atoms with E-state index < -0.39 is 0 Å². The summed E-state index contributed by atoms with van der Waals surface area (Å²) < 4.78 is 5.89. The predicted molar refractivity (Wildman–Crippen MR) is 92.9 cm³/mol. The topological polar surface area (TPSA) is 21.3 Å². The van der Waals surface area contributed by atoms with Crippen molar-refractivity contribution in [3.05, 3.63) is 0 Å². The summed E-state index contributed by atoms with van der Waals surface area (Å²) in [6.45, 7) is 5.67. The summed E-state index contributed by atoms with van der Waals surface area (Å²) in [5, 5.41) is 3.76. The van der Waals surface area contributed by atoms with Crippen LogP contribution in [0.4, 0.5) is 0 Å². The van der Waals surface area contributed by atoms with Gasteiger partial charge in [-0.05, 0) is 38.6 Å². The van der Waals surface area contributed by atoms with Crippen LogP contribution in [0.3, 0.4) is 0 Å². The van der Waals surface area contributed by atoms with Gasteiger partial charge >= 0.3 is 0 Å². The number of methoxy groups -OCH3 is 1. The highest BCUT2D eigenvalue weighted by molar-refractivity contribution is 4.99. The number of hydrogen-bond acceptors (Lipinski definition) is 2. The molecule has 0 heterocycles. The Morgan fingerprint density at radius 3 is 2.00 bits per heavy atom. The van der Waals surface area contributed by atoms with Crippen LogP contribution in [0.1, 0.15) is 97.3 Å². The first-order valence-electron chi connectivity index (χ1n) is 9.57. The van der Waals surface area contributed by atoms with Crippen molar-refractivity contribution in [1.29, 1.82) is 0 Å². The van der Waals surface area contributed by atoms with E-state index in [0.29, 0.717) is 6.04 Å². The summed E-state index contributed by atoms with van der Waals surface area (Å²) in [4.78, 5) is 0. The first-order chi connectivity index (χ1) is 10.3. The Morgan fingerprint density at radius 2 is 1.52 bits per heavy atom. The van der Waals surface area contributed by atoms with Crippen LogP contribution in [0.25, 0.3) is 0 Å². The van der Waals surface area contributed by atoms with E-state index in [1.54, 1.807) is 0 Å². The SMILES string of the molecule is CCCCCCCCCCC(NCCC)C1(OC)CCC1. The van der Waals surface area contributed by atoms with E-state index in [4.69, 9.17) is 4.74 Å². The lowest BCUT2D eigenvalue weighted by atomic mass is 9.73. The number of nitrogens with one attached hydrogen (secondary N) is 1. The summed E-state index contributed by atoms with van der Waals surface area (Å²) in [6.07, 6.45) is 17.6. The Labute approximate surface area is 133 Å². The Bertz CT molecular complexity index is 232.